The van der Waals surface area contributed by atoms with Crippen LogP contribution in [0.1, 0.15) is 65.2 Å². The van der Waals surface area contributed by atoms with E-state index in [1.807, 2.05) is 0 Å². The predicted molar refractivity (Wildman–Crippen MR) is 65.3 cm³/mol. The van der Waals surface area contributed by atoms with Crippen LogP contribution in [0.2, 0.25) is 0 Å². The number of carbonyl (C=O) groups is 2. The Morgan fingerprint density at radius 3 is 1.25 bits per heavy atom. The van der Waals surface area contributed by atoms with Gasteiger partial charge in [0, 0.05) is 11.8 Å². The Morgan fingerprint density at radius 2 is 1.06 bits per heavy atom. The fourth-order valence-corrected chi connectivity index (χ4v) is 2.32. The molecule has 0 heterocycles. The van der Waals surface area contributed by atoms with Gasteiger partial charge in [-0.25, -0.2) is 0 Å². The molecule has 0 amide bonds. The van der Waals surface area contributed by atoms with Gasteiger partial charge < -0.3 is 0 Å². The van der Waals surface area contributed by atoms with E-state index in [1.165, 1.54) is 25.7 Å². The van der Waals surface area contributed by atoms with Crippen molar-refractivity contribution >= 4 is 11.6 Å². The Balaban J connectivity index is 0.000000165. The lowest BCUT2D eigenvalue weighted by Crippen LogP contribution is -2.18. The second kappa shape index (κ2) is 6.82. The summed E-state index contributed by atoms with van der Waals surface area (Å²) < 4.78 is 0. The molecule has 2 heteroatoms. The summed E-state index contributed by atoms with van der Waals surface area (Å²) in [6.07, 6.45) is 9.73. The standard InChI is InChI=1S/C8H14O.C6H10O/c1-7(9)8-5-3-2-4-6-8;1-5(7)6-3-2-4-6/h8H,2-6H2,1H3;6H,2-4H2,1H3. The lowest BCUT2D eigenvalue weighted by atomic mass is 9.83. The Bertz CT molecular complexity index is 235. The largest absolute Gasteiger partial charge is 0.300 e. The van der Waals surface area contributed by atoms with Crippen molar-refractivity contribution in [3.05, 3.63) is 0 Å². The maximum Gasteiger partial charge on any atom is 0.132 e. The van der Waals surface area contributed by atoms with Crippen LogP contribution in [0.3, 0.4) is 0 Å². The summed E-state index contributed by atoms with van der Waals surface area (Å²) >= 11 is 0. The SMILES string of the molecule is CC(=O)C1CCC1.CC(=O)C1CCCCC1. The molecular weight excluding hydrogens is 200 g/mol. The van der Waals surface area contributed by atoms with Crippen LogP contribution in [-0.4, -0.2) is 11.6 Å². The summed E-state index contributed by atoms with van der Waals surface area (Å²) in [4.78, 5) is 21.2. The summed E-state index contributed by atoms with van der Waals surface area (Å²) in [5, 5.41) is 0. The highest BCUT2D eigenvalue weighted by Gasteiger charge is 2.20. The third-order valence-corrected chi connectivity index (χ3v) is 3.86. The average Bonchev–Trinajstić information content (AvgIpc) is 2.16. The Kier molecular flexibility index (Phi) is 5.72. The van der Waals surface area contributed by atoms with Crippen LogP contribution in [0.5, 0.6) is 0 Å². The molecule has 0 spiro atoms. The molecule has 0 unspecified atom stereocenters. The van der Waals surface area contributed by atoms with E-state index in [9.17, 15) is 9.59 Å². The summed E-state index contributed by atoms with van der Waals surface area (Å²) in [5.74, 6) is 1.64. The first-order chi connectivity index (χ1) is 7.61. The lowest BCUT2D eigenvalue weighted by molar-refractivity contribution is -0.123. The van der Waals surface area contributed by atoms with Crippen LogP contribution in [0.4, 0.5) is 0 Å². The number of carbonyl (C=O) groups excluding carboxylic acids is 2. The molecule has 0 atom stereocenters. The molecule has 0 radical (unpaired) electrons. The van der Waals surface area contributed by atoms with E-state index >= 15 is 0 Å². The number of rotatable bonds is 2. The molecule has 0 saturated heterocycles. The minimum atomic E-state index is 0.381. The van der Waals surface area contributed by atoms with Crippen molar-refractivity contribution in [3.63, 3.8) is 0 Å². The maximum atomic E-state index is 10.8. The predicted octanol–water partition coefficient (Wildman–Crippen LogP) is 3.53. The average molecular weight is 224 g/mol. The normalized spacial score (nSPS) is 21.6. The fraction of sp³-hybridized carbons (Fsp3) is 0.857. The van der Waals surface area contributed by atoms with Crippen LogP contribution >= 0.6 is 0 Å². The molecule has 0 aromatic carbocycles. The number of Topliss-reactive ketones (excluding diaryl/α,β-unsaturated/α-hetero) is 2. The van der Waals surface area contributed by atoms with Gasteiger partial charge in [-0.3, -0.25) is 9.59 Å². The van der Waals surface area contributed by atoms with Gasteiger partial charge in [0.05, 0.1) is 0 Å². The van der Waals surface area contributed by atoms with Crippen molar-refractivity contribution in [2.75, 3.05) is 0 Å². The molecule has 2 aliphatic carbocycles. The highest BCUT2D eigenvalue weighted by molar-refractivity contribution is 5.79. The second-order valence-electron chi connectivity index (χ2n) is 5.18. The summed E-state index contributed by atoms with van der Waals surface area (Å²) in [5.41, 5.74) is 0. The number of hydrogen-bond acceptors (Lipinski definition) is 2. The zero-order valence-electron chi connectivity index (χ0n) is 10.6. The molecule has 0 aliphatic heterocycles. The van der Waals surface area contributed by atoms with Gasteiger partial charge in [0.2, 0.25) is 0 Å². The second-order valence-corrected chi connectivity index (χ2v) is 5.18. The van der Waals surface area contributed by atoms with Crippen molar-refractivity contribution in [3.8, 4) is 0 Å². The van der Waals surface area contributed by atoms with Crippen molar-refractivity contribution < 1.29 is 9.59 Å². The Hall–Kier alpha value is -0.660. The zero-order valence-corrected chi connectivity index (χ0v) is 10.6. The molecular formula is C14H24O2. The molecule has 2 aliphatic rings. The molecule has 0 aromatic rings. The van der Waals surface area contributed by atoms with E-state index in [-0.39, 0.29) is 0 Å². The highest BCUT2D eigenvalue weighted by atomic mass is 16.1. The molecule has 2 nitrogen and oxygen atoms in total. The number of hydrogen-bond donors (Lipinski definition) is 0. The zero-order chi connectivity index (χ0) is 12.0. The minimum absolute atomic E-state index is 0.381. The molecule has 16 heavy (non-hydrogen) atoms. The molecule has 2 saturated carbocycles. The highest BCUT2D eigenvalue weighted by Crippen LogP contribution is 2.26. The number of ketones is 2. The van der Waals surface area contributed by atoms with Gasteiger partial charge in [0.1, 0.15) is 11.6 Å². The molecule has 2 rings (SSSR count). The van der Waals surface area contributed by atoms with Crippen molar-refractivity contribution in [2.45, 2.75) is 65.2 Å². The first-order valence-electron chi connectivity index (χ1n) is 6.62. The van der Waals surface area contributed by atoms with Gasteiger partial charge in [-0.05, 0) is 39.5 Å². The fourth-order valence-electron chi connectivity index (χ4n) is 2.32. The van der Waals surface area contributed by atoms with E-state index < -0.39 is 0 Å². The Morgan fingerprint density at radius 1 is 0.688 bits per heavy atom. The van der Waals surface area contributed by atoms with Crippen LogP contribution < -0.4 is 0 Å². The smallest absolute Gasteiger partial charge is 0.132 e. The Labute approximate surface area is 98.8 Å². The van der Waals surface area contributed by atoms with Gasteiger partial charge in [0.25, 0.3) is 0 Å². The third-order valence-electron chi connectivity index (χ3n) is 3.86. The van der Waals surface area contributed by atoms with Crippen LogP contribution in [0.15, 0.2) is 0 Å². The van der Waals surface area contributed by atoms with Crippen LogP contribution in [0, 0.1) is 11.8 Å². The molecule has 2 fully saturated rings. The quantitative estimate of drug-likeness (QED) is 0.719. The summed E-state index contributed by atoms with van der Waals surface area (Å²) in [6.45, 7) is 3.40. The van der Waals surface area contributed by atoms with Gasteiger partial charge in [0.15, 0.2) is 0 Å². The summed E-state index contributed by atoms with van der Waals surface area (Å²) in [7, 11) is 0. The lowest BCUT2D eigenvalue weighted by Gasteiger charge is -2.21. The van der Waals surface area contributed by atoms with Crippen molar-refractivity contribution in [1.29, 1.82) is 0 Å². The summed E-state index contributed by atoms with van der Waals surface area (Å²) in [6, 6.07) is 0. The van der Waals surface area contributed by atoms with Gasteiger partial charge in [-0.2, -0.15) is 0 Å². The van der Waals surface area contributed by atoms with Crippen LogP contribution in [-0.2, 0) is 9.59 Å². The molecule has 0 N–H and O–H groups in total. The first kappa shape index (κ1) is 13.4. The van der Waals surface area contributed by atoms with Gasteiger partial charge >= 0.3 is 0 Å². The molecule has 92 valence electrons. The third kappa shape index (κ3) is 4.46. The van der Waals surface area contributed by atoms with Gasteiger partial charge in [-0.1, -0.05) is 25.7 Å². The molecule has 0 aromatic heterocycles. The maximum absolute atomic E-state index is 10.8. The van der Waals surface area contributed by atoms with E-state index in [4.69, 9.17) is 0 Å². The molecule has 0 bridgehead atoms. The van der Waals surface area contributed by atoms with Crippen LogP contribution in [0.25, 0.3) is 0 Å². The first-order valence-corrected chi connectivity index (χ1v) is 6.62. The van der Waals surface area contributed by atoms with E-state index in [0.717, 1.165) is 25.7 Å². The van der Waals surface area contributed by atoms with E-state index in [0.29, 0.717) is 23.4 Å². The topological polar surface area (TPSA) is 34.1 Å². The minimum Gasteiger partial charge on any atom is -0.300 e. The van der Waals surface area contributed by atoms with E-state index in [2.05, 4.69) is 0 Å². The van der Waals surface area contributed by atoms with Crippen molar-refractivity contribution in [1.82, 2.24) is 0 Å². The van der Waals surface area contributed by atoms with Gasteiger partial charge in [-0.15, -0.1) is 0 Å². The monoisotopic (exact) mass is 224 g/mol. The van der Waals surface area contributed by atoms with E-state index in [1.54, 1.807) is 13.8 Å². The van der Waals surface area contributed by atoms with Crippen molar-refractivity contribution in [2.24, 2.45) is 11.8 Å².